The summed E-state index contributed by atoms with van der Waals surface area (Å²) in [6.45, 7) is 1.70. The van der Waals surface area contributed by atoms with Gasteiger partial charge in [-0.3, -0.25) is 15.1 Å². The Morgan fingerprint density at radius 1 is 1.37 bits per heavy atom. The first-order valence-corrected chi connectivity index (χ1v) is 5.31. The molecule has 0 aliphatic carbocycles. The predicted molar refractivity (Wildman–Crippen MR) is 67.5 cm³/mol. The van der Waals surface area contributed by atoms with Crippen molar-refractivity contribution >= 4 is 19.0 Å². The number of nitro groups is 1. The molecule has 1 aromatic heterocycles. The number of nitro benzene ring substituents is 1. The van der Waals surface area contributed by atoms with Gasteiger partial charge in [-0.2, -0.15) is 0 Å². The third-order valence-corrected chi connectivity index (χ3v) is 2.55. The molecule has 0 N–H and O–H groups in total. The van der Waals surface area contributed by atoms with Crippen molar-refractivity contribution in [3.8, 4) is 11.5 Å². The lowest BCUT2D eigenvalue weighted by atomic mass is 9.93. The van der Waals surface area contributed by atoms with Gasteiger partial charge >= 0.3 is 0 Å². The van der Waals surface area contributed by atoms with Gasteiger partial charge in [0.15, 0.2) is 11.6 Å². The number of benzene rings is 1. The minimum absolute atomic E-state index is 0.124. The lowest BCUT2D eigenvalue weighted by Gasteiger charge is -2.10. The van der Waals surface area contributed by atoms with Gasteiger partial charge in [0, 0.05) is 12.3 Å². The molecule has 2 aromatic rings. The topological polar surface area (TPSA) is 65.3 Å². The minimum Gasteiger partial charge on any atom is -0.452 e. The van der Waals surface area contributed by atoms with E-state index in [0.717, 1.165) is 12.1 Å². The zero-order valence-corrected chi connectivity index (χ0v) is 9.96. The number of rotatable bonds is 3. The average molecular weight is 258 g/mol. The van der Waals surface area contributed by atoms with Crippen LogP contribution in [-0.2, 0) is 0 Å². The third kappa shape index (κ3) is 2.70. The second-order valence-electron chi connectivity index (χ2n) is 3.83. The quantitative estimate of drug-likeness (QED) is 0.480. The van der Waals surface area contributed by atoms with Gasteiger partial charge in [0.05, 0.1) is 17.2 Å². The molecule has 1 heterocycles. The molecule has 7 heteroatoms. The monoisotopic (exact) mass is 258 g/mol. The summed E-state index contributed by atoms with van der Waals surface area (Å²) in [5, 5.41) is 10.5. The highest BCUT2D eigenvalue weighted by atomic mass is 19.1. The van der Waals surface area contributed by atoms with Crippen LogP contribution in [0.3, 0.4) is 0 Å². The molecular weight excluding hydrogens is 250 g/mol. The molecular formula is C12H8BFN2O3. The Labute approximate surface area is 109 Å². The highest BCUT2D eigenvalue weighted by molar-refractivity contribution is 6.33. The smallest absolute Gasteiger partial charge is 0.272 e. The minimum atomic E-state index is -0.823. The Balaban J connectivity index is 2.34. The molecule has 5 nitrogen and oxygen atoms in total. The maximum Gasteiger partial charge on any atom is 0.272 e. The van der Waals surface area contributed by atoms with E-state index in [1.54, 1.807) is 6.92 Å². The summed E-state index contributed by atoms with van der Waals surface area (Å²) >= 11 is 0. The first-order chi connectivity index (χ1) is 8.99. The average Bonchev–Trinajstić information content (AvgIpc) is 2.37. The van der Waals surface area contributed by atoms with Gasteiger partial charge in [0.2, 0.25) is 0 Å². The zero-order valence-electron chi connectivity index (χ0n) is 9.96. The molecule has 2 radical (unpaired) electrons. The van der Waals surface area contributed by atoms with E-state index >= 15 is 0 Å². The number of aromatic nitrogens is 1. The molecule has 0 amide bonds. The van der Waals surface area contributed by atoms with E-state index in [9.17, 15) is 14.5 Å². The van der Waals surface area contributed by atoms with Crippen molar-refractivity contribution in [2.45, 2.75) is 6.92 Å². The standard InChI is InChI=1S/C12H8BFN2O3/c1-7-9(13)5-15-6-12(7)19-11-3-2-8(16(17)18)4-10(11)14/h2-6H,1H3. The second kappa shape index (κ2) is 5.05. The molecule has 0 aliphatic rings. The Hall–Kier alpha value is -2.44. The molecule has 0 saturated heterocycles. The maximum absolute atomic E-state index is 13.6. The molecule has 0 unspecified atom stereocenters. The fourth-order valence-electron chi connectivity index (χ4n) is 1.43. The molecule has 0 spiro atoms. The summed E-state index contributed by atoms with van der Waals surface area (Å²) in [4.78, 5) is 13.6. The SMILES string of the molecule is [B]c1cncc(Oc2ccc([N+](=O)[O-])cc2F)c1C. The van der Waals surface area contributed by atoms with Crippen LogP contribution in [0.15, 0.2) is 30.6 Å². The summed E-state index contributed by atoms with van der Waals surface area (Å²) in [6.07, 6.45) is 2.85. The van der Waals surface area contributed by atoms with E-state index in [0.29, 0.717) is 16.8 Å². The van der Waals surface area contributed by atoms with Crippen LogP contribution >= 0.6 is 0 Å². The molecule has 19 heavy (non-hydrogen) atoms. The van der Waals surface area contributed by atoms with Gasteiger partial charge in [0.25, 0.3) is 5.69 Å². The van der Waals surface area contributed by atoms with Crippen molar-refractivity contribution in [1.29, 1.82) is 0 Å². The van der Waals surface area contributed by atoms with Crippen LogP contribution in [0, 0.1) is 22.9 Å². The fourth-order valence-corrected chi connectivity index (χ4v) is 1.43. The summed E-state index contributed by atoms with van der Waals surface area (Å²) in [7, 11) is 5.65. The van der Waals surface area contributed by atoms with Crippen molar-refractivity contribution in [2.75, 3.05) is 0 Å². The van der Waals surface area contributed by atoms with Crippen molar-refractivity contribution in [3.63, 3.8) is 0 Å². The van der Waals surface area contributed by atoms with Crippen molar-refractivity contribution in [1.82, 2.24) is 4.98 Å². The molecule has 0 bridgehead atoms. The molecule has 0 atom stereocenters. The predicted octanol–water partition coefficient (Wildman–Crippen LogP) is 2.02. The van der Waals surface area contributed by atoms with Crippen LogP contribution in [0.1, 0.15) is 5.56 Å². The summed E-state index contributed by atoms with van der Waals surface area (Å²) in [5.41, 5.74) is 0.694. The number of nitrogens with zero attached hydrogens (tertiary/aromatic N) is 2. The molecule has 1 aromatic carbocycles. The second-order valence-corrected chi connectivity index (χ2v) is 3.83. The number of hydrogen-bond donors (Lipinski definition) is 0. The summed E-state index contributed by atoms with van der Waals surface area (Å²) < 4.78 is 19.0. The Kier molecular flexibility index (Phi) is 3.46. The first-order valence-electron chi connectivity index (χ1n) is 5.31. The van der Waals surface area contributed by atoms with Gasteiger partial charge in [0.1, 0.15) is 13.6 Å². The number of non-ortho nitro benzene ring substituents is 1. The Bertz CT molecular complexity index is 649. The summed E-state index contributed by atoms with van der Waals surface area (Å²) in [5.74, 6) is -0.648. The third-order valence-electron chi connectivity index (χ3n) is 2.55. The van der Waals surface area contributed by atoms with Crippen molar-refractivity contribution in [2.24, 2.45) is 0 Å². The van der Waals surface area contributed by atoms with E-state index in [1.165, 1.54) is 18.5 Å². The molecule has 2 rings (SSSR count). The van der Waals surface area contributed by atoms with Crippen LogP contribution in [0.4, 0.5) is 10.1 Å². The van der Waals surface area contributed by atoms with Crippen LogP contribution in [-0.4, -0.2) is 17.8 Å². The molecule has 94 valence electrons. The number of ether oxygens (including phenoxy) is 1. The number of halogens is 1. The van der Waals surface area contributed by atoms with Crippen LogP contribution < -0.4 is 10.2 Å². The van der Waals surface area contributed by atoms with Gasteiger partial charge in [-0.25, -0.2) is 4.39 Å². The van der Waals surface area contributed by atoms with Gasteiger partial charge in [-0.15, -0.1) is 0 Å². The molecule has 0 saturated carbocycles. The Morgan fingerprint density at radius 2 is 2.11 bits per heavy atom. The normalized spacial score (nSPS) is 10.2. The molecule has 0 fully saturated rings. The van der Waals surface area contributed by atoms with Crippen LogP contribution in [0.25, 0.3) is 0 Å². The van der Waals surface area contributed by atoms with E-state index in [2.05, 4.69) is 4.98 Å². The number of hydrogen-bond acceptors (Lipinski definition) is 4. The van der Waals surface area contributed by atoms with Gasteiger partial charge in [-0.1, -0.05) is 5.46 Å². The van der Waals surface area contributed by atoms with Crippen LogP contribution in [0.2, 0.25) is 0 Å². The highest BCUT2D eigenvalue weighted by Gasteiger charge is 2.13. The van der Waals surface area contributed by atoms with E-state index in [4.69, 9.17) is 12.6 Å². The van der Waals surface area contributed by atoms with Gasteiger partial charge < -0.3 is 4.74 Å². The fraction of sp³-hybridized carbons (Fsp3) is 0.0833. The Morgan fingerprint density at radius 3 is 2.74 bits per heavy atom. The van der Waals surface area contributed by atoms with E-state index in [1.807, 2.05) is 0 Å². The lowest BCUT2D eigenvalue weighted by molar-refractivity contribution is -0.385. The van der Waals surface area contributed by atoms with Gasteiger partial charge in [-0.05, 0) is 18.6 Å². The lowest BCUT2D eigenvalue weighted by Crippen LogP contribution is -2.09. The largest absolute Gasteiger partial charge is 0.452 e. The molecule has 0 aliphatic heterocycles. The van der Waals surface area contributed by atoms with Crippen molar-refractivity contribution < 1.29 is 14.1 Å². The highest BCUT2D eigenvalue weighted by Crippen LogP contribution is 2.28. The zero-order chi connectivity index (χ0) is 14.0. The van der Waals surface area contributed by atoms with Crippen molar-refractivity contribution in [3.05, 3.63) is 52.1 Å². The maximum atomic E-state index is 13.6. The summed E-state index contributed by atoms with van der Waals surface area (Å²) in [6, 6.07) is 3.15. The van der Waals surface area contributed by atoms with E-state index in [-0.39, 0.29) is 11.4 Å². The van der Waals surface area contributed by atoms with E-state index < -0.39 is 10.7 Å². The number of pyridine rings is 1. The first kappa shape index (κ1) is 13.0. The van der Waals surface area contributed by atoms with Crippen LogP contribution in [0.5, 0.6) is 11.5 Å².